The number of anilines is 2. The van der Waals surface area contributed by atoms with Crippen molar-refractivity contribution in [3.05, 3.63) is 45.3 Å². The average molecular weight is 485 g/mol. The number of rotatable bonds is 7. The number of carbonyl (C=O) groups is 2. The van der Waals surface area contributed by atoms with E-state index < -0.39 is 27.9 Å². The molecule has 31 heavy (non-hydrogen) atoms. The summed E-state index contributed by atoms with van der Waals surface area (Å²) in [4.78, 5) is 26.8. The number of amides is 1. The number of hydrogen-bond acceptors (Lipinski definition) is 6. The highest BCUT2D eigenvalue weighted by Crippen LogP contribution is 2.39. The molecule has 2 aromatic rings. The number of carbonyl (C=O) groups excluding carboxylic acids is 2. The third-order valence-corrected chi connectivity index (χ3v) is 7.85. The van der Waals surface area contributed by atoms with E-state index in [4.69, 9.17) is 16.3 Å². The van der Waals surface area contributed by atoms with Crippen LogP contribution in [0.15, 0.2) is 24.3 Å². The Morgan fingerprint density at radius 2 is 1.87 bits per heavy atom. The topological polar surface area (TPSA) is 92.8 Å². The third kappa shape index (κ3) is 5.05. The van der Waals surface area contributed by atoms with E-state index >= 15 is 0 Å². The first-order chi connectivity index (χ1) is 14.7. The summed E-state index contributed by atoms with van der Waals surface area (Å²) in [5, 5.41) is 3.68. The van der Waals surface area contributed by atoms with Gasteiger partial charge in [-0.25, -0.2) is 13.2 Å². The quantitative estimate of drug-likeness (QED) is 0.593. The van der Waals surface area contributed by atoms with Crippen LogP contribution in [0.5, 0.6) is 0 Å². The Kier molecular flexibility index (Phi) is 7.28. The van der Waals surface area contributed by atoms with Crippen LogP contribution in [0.2, 0.25) is 5.02 Å². The van der Waals surface area contributed by atoms with E-state index in [0.717, 1.165) is 46.7 Å². The molecule has 1 atom stereocenters. The standard InChI is InChI=1S/C21H25ClN2O5S2/c1-4-16(24(31(3,27)28)14-11-9-13(22)10-12-14)19(25)23-20-18(21(26)29-2)15-7-5-6-8-17(15)30-20/h9-12,16H,4-8H2,1-3H3,(H,23,25)/t16-/m0/s1. The number of nitrogens with one attached hydrogen (secondary N) is 1. The summed E-state index contributed by atoms with van der Waals surface area (Å²) in [6.45, 7) is 1.74. The molecule has 0 spiro atoms. The van der Waals surface area contributed by atoms with Crippen LogP contribution in [0, 0.1) is 0 Å². The molecular weight excluding hydrogens is 460 g/mol. The van der Waals surface area contributed by atoms with E-state index in [1.165, 1.54) is 18.4 Å². The molecule has 1 N–H and O–H groups in total. The van der Waals surface area contributed by atoms with E-state index in [1.807, 2.05) is 0 Å². The molecular formula is C21H25ClN2O5S2. The van der Waals surface area contributed by atoms with Gasteiger partial charge in [0.15, 0.2) is 0 Å². The summed E-state index contributed by atoms with van der Waals surface area (Å²) in [6.07, 6.45) is 4.89. The van der Waals surface area contributed by atoms with Crippen molar-refractivity contribution in [1.29, 1.82) is 0 Å². The fraction of sp³-hybridized carbons (Fsp3) is 0.429. The number of sulfonamides is 1. The monoisotopic (exact) mass is 484 g/mol. The molecule has 0 bridgehead atoms. The molecule has 1 heterocycles. The van der Waals surface area contributed by atoms with Crippen molar-refractivity contribution in [2.45, 2.75) is 45.1 Å². The first kappa shape index (κ1) is 23.6. The number of fused-ring (bicyclic) bond motifs is 1. The van der Waals surface area contributed by atoms with Gasteiger partial charge >= 0.3 is 5.97 Å². The summed E-state index contributed by atoms with van der Waals surface area (Å²) in [7, 11) is -2.46. The molecule has 1 aliphatic rings. The normalized spacial score (nSPS) is 14.5. The predicted molar refractivity (Wildman–Crippen MR) is 124 cm³/mol. The molecule has 7 nitrogen and oxygen atoms in total. The fourth-order valence-corrected chi connectivity index (χ4v) is 6.43. The van der Waals surface area contributed by atoms with Gasteiger partial charge in [-0.2, -0.15) is 0 Å². The number of nitrogens with zero attached hydrogens (tertiary/aromatic N) is 1. The second kappa shape index (κ2) is 9.58. The van der Waals surface area contributed by atoms with E-state index in [-0.39, 0.29) is 6.42 Å². The highest BCUT2D eigenvalue weighted by atomic mass is 35.5. The van der Waals surface area contributed by atoms with Crippen molar-refractivity contribution in [3.8, 4) is 0 Å². The Bertz CT molecular complexity index is 1080. The summed E-state index contributed by atoms with van der Waals surface area (Å²) in [5.41, 5.74) is 1.64. The average Bonchev–Trinajstić information content (AvgIpc) is 3.09. The lowest BCUT2D eigenvalue weighted by Gasteiger charge is -2.30. The number of ether oxygens (including phenoxy) is 1. The van der Waals surface area contributed by atoms with Gasteiger partial charge in [-0.05, 0) is 61.9 Å². The highest BCUT2D eigenvalue weighted by Gasteiger charge is 2.34. The smallest absolute Gasteiger partial charge is 0.341 e. The molecule has 1 amide bonds. The summed E-state index contributed by atoms with van der Waals surface area (Å²) < 4.78 is 31.2. The maximum absolute atomic E-state index is 13.3. The fourth-order valence-electron chi connectivity index (χ4n) is 3.82. The molecule has 1 aliphatic carbocycles. The predicted octanol–water partition coefficient (Wildman–Crippen LogP) is 4.25. The molecule has 0 fully saturated rings. The second-order valence-electron chi connectivity index (χ2n) is 7.36. The van der Waals surface area contributed by atoms with Crippen molar-refractivity contribution >= 4 is 55.5 Å². The van der Waals surface area contributed by atoms with Gasteiger partial charge in [0, 0.05) is 9.90 Å². The van der Waals surface area contributed by atoms with Crippen LogP contribution in [0.1, 0.15) is 47.0 Å². The zero-order valence-corrected chi connectivity index (χ0v) is 20.0. The molecule has 3 rings (SSSR count). The number of esters is 1. The third-order valence-electron chi connectivity index (χ3n) is 5.21. The van der Waals surface area contributed by atoms with Crippen LogP contribution >= 0.6 is 22.9 Å². The molecule has 0 saturated heterocycles. The van der Waals surface area contributed by atoms with Crippen molar-refractivity contribution in [2.24, 2.45) is 0 Å². The van der Waals surface area contributed by atoms with Crippen LogP contribution < -0.4 is 9.62 Å². The number of benzene rings is 1. The van der Waals surface area contributed by atoms with Gasteiger partial charge in [-0.15, -0.1) is 11.3 Å². The van der Waals surface area contributed by atoms with E-state index in [0.29, 0.717) is 21.3 Å². The number of thiophene rings is 1. The van der Waals surface area contributed by atoms with Crippen molar-refractivity contribution < 1.29 is 22.7 Å². The number of hydrogen-bond donors (Lipinski definition) is 1. The van der Waals surface area contributed by atoms with Gasteiger partial charge in [-0.1, -0.05) is 18.5 Å². The largest absolute Gasteiger partial charge is 0.465 e. The van der Waals surface area contributed by atoms with Crippen LogP contribution in [-0.2, 0) is 32.4 Å². The van der Waals surface area contributed by atoms with Crippen molar-refractivity contribution in [3.63, 3.8) is 0 Å². The van der Waals surface area contributed by atoms with Gasteiger partial charge in [0.05, 0.1) is 24.6 Å². The summed E-state index contributed by atoms with van der Waals surface area (Å²) in [6, 6.07) is 5.26. The van der Waals surface area contributed by atoms with Crippen LogP contribution in [0.25, 0.3) is 0 Å². The van der Waals surface area contributed by atoms with E-state index in [1.54, 1.807) is 31.2 Å². The van der Waals surface area contributed by atoms with Crippen LogP contribution in [0.3, 0.4) is 0 Å². The van der Waals surface area contributed by atoms with Crippen molar-refractivity contribution in [2.75, 3.05) is 23.0 Å². The Hall–Kier alpha value is -2.10. The molecule has 0 unspecified atom stereocenters. The molecule has 0 radical (unpaired) electrons. The first-order valence-corrected chi connectivity index (χ1v) is 13.0. The van der Waals surface area contributed by atoms with Gasteiger partial charge in [0.2, 0.25) is 15.9 Å². The second-order valence-corrected chi connectivity index (χ2v) is 10.8. The summed E-state index contributed by atoms with van der Waals surface area (Å²) >= 11 is 7.30. The van der Waals surface area contributed by atoms with E-state index in [2.05, 4.69) is 5.32 Å². The minimum Gasteiger partial charge on any atom is -0.465 e. The minimum absolute atomic E-state index is 0.236. The summed E-state index contributed by atoms with van der Waals surface area (Å²) in [5.74, 6) is -1.01. The number of methoxy groups -OCH3 is 1. The first-order valence-electron chi connectivity index (χ1n) is 9.96. The van der Waals surface area contributed by atoms with Gasteiger partial charge in [-0.3, -0.25) is 9.10 Å². The molecule has 168 valence electrons. The van der Waals surface area contributed by atoms with Crippen molar-refractivity contribution in [1.82, 2.24) is 0 Å². The molecule has 1 aromatic heterocycles. The van der Waals surface area contributed by atoms with Gasteiger partial charge in [0.1, 0.15) is 11.0 Å². The lowest BCUT2D eigenvalue weighted by atomic mass is 9.95. The van der Waals surface area contributed by atoms with Gasteiger partial charge < -0.3 is 10.1 Å². The Balaban J connectivity index is 1.98. The minimum atomic E-state index is -3.77. The maximum Gasteiger partial charge on any atom is 0.341 e. The SMILES string of the molecule is CC[C@@H](C(=O)Nc1sc2c(c1C(=O)OC)CCCC2)N(c1ccc(Cl)cc1)S(C)(=O)=O. The molecule has 0 aliphatic heterocycles. The Morgan fingerprint density at radius 3 is 2.45 bits per heavy atom. The number of halogens is 1. The lowest BCUT2D eigenvalue weighted by Crippen LogP contribution is -2.47. The molecule has 10 heteroatoms. The lowest BCUT2D eigenvalue weighted by molar-refractivity contribution is -0.117. The zero-order chi connectivity index (χ0) is 22.8. The molecule has 0 saturated carbocycles. The zero-order valence-electron chi connectivity index (χ0n) is 17.6. The maximum atomic E-state index is 13.3. The van der Waals surface area contributed by atoms with Gasteiger partial charge in [0.25, 0.3) is 0 Å². The number of aryl methyl sites for hydroxylation is 1. The van der Waals surface area contributed by atoms with Crippen LogP contribution in [-0.4, -0.2) is 39.7 Å². The van der Waals surface area contributed by atoms with Crippen LogP contribution in [0.4, 0.5) is 10.7 Å². The Labute approximate surface area is 191 Å². The highest BCUT2D eigenvalue weighted by molar-refractivity contribution is 7.92. The Morgan fingerprint density at radius 1 is 1.23 bits per heavy atom. The molecule has 1 aromatic carbocycles. The van der Waals surface area contributed by atoms with E-state index in [9.17, 15) is 18.0 Å².